The number of hydrogen-bond donors (Lipinski definition) is 2. The molecule has 0 radical (unpaired) electrons. The summed E-state index contributed by atoms with van der Waals surface area (Å²) in [6.07, 6.45) is 2.28. The molecule has 0 bridgehead atoms. The summed E-state index contributed by atoms with van der Waals surface area (Å²) in [4.78, 5) is 15.8. The van der Waals surface area contributed by atoms with Crippen molar-refractivity contribution in [2.75, 3.05) is 0 Å². The molecule has 1 aromatic carbocycles. The lowest BCUT2D eigenvalue weighted by Crippen LogP contribution is -2.38. The summed E-state index contributed by atoms with van der Waals surface area (Å²) in [6, 6.07) is 12.5. The van der Waals surface area contributed by atoms with Gasteiger partial charge in [0.05, 0.1) is 6.04 Å². The van der Waals surface area contributed by atoms with Crippen LogP contribution in [0.5, 0.6) is 5.88 Å². The van der Waals surface area contributed by atoms with E-state index in [0.29, 0.717) is 11.5 Å². The highest BCUT2D eigenvalue weighted by Crippen LogP contribution is 2.40. The Morgan fingerprint density at radius 2 is 2.04 bits per heavy atom. The minimum Gasteiger partial charge on any atom is -0.417 e. The predicted molar refractivity (Wildman–Crippen MR) is 88.5 cm³/mol. The van der Waals surface area contributed by atoms with Gasteiger partial charge in [0.2, 0.25) is 5.88 Å². The Hall–Kier alpha value is -2.70. The molecule has 0 aliphatic heterocycles. The fourth-order valence-electron chi connectivity index (χ4n) is 2.76. The number of pyridine rings is 1. The molecule has 1 fully saturated rings. The third-order valence-electron chi connectivity index (χ3n) is 4.15. The lowest BCUT2D eigenvalue weighted by Gasteiger charge is -2.16. The highest BCUT2D eigenvalue weighted by molar-refractivity contribution is 5.75. The van der Waals surface area contributed by atoms with Gasteiger partial charge in [0.25, 0.3) is 0 Å². The van der Waals surface area contributed by atoms with Crippen LogP contribution in [0, 0.1) is 0 Å². The Kier molecular flexibility index (Phi) is 5.11. The molecule has 3 rings (SSSR count). The average molecular weight is 347 g/mol. The van der Waals surface area contributed by atoms with E-state index < -0.39 is 6.61 Å². The molecule has 1 heterocycles. The van der Waals surface area contributed by atoms with Crippen molar-refractivity contribution >= 4 is 6.03 Å². The predicted octanol–water partition coefficient (Wildman–Crippen LogP) is 3.60. The van der Waals surface area contributed by atoms with Crippen molar-refractivity contribution in [1.82, 2.24) is 15.6 Å². The van der Waals surface area contributed by atoms with E-state index in [0.717, 1.165) is 6.42 Å². The second-order valence-electron chi connectivity index (χ2n) is 6.00. The van der Waals surface area contributed by atoms with Crippen molar-refractivity contribution < 1.29 is 18.3 Å². The van der Waals surface area contributed by atoms with E-state index in [9.17, 15) is 13.6 Å². The van der Waals surface area contributed by atoms with Crippen LogP contribution in [-0.4, -0.2) is 23.7 Å². The summed E-state index contributed by atoms with van der Waals surface area (Å²) in [7, 11) is 0. The van der Waals surface area contributed by atoms with Crippen molar-refractivity contribution in [2.45, 2.75) is 38.0 Å². The molecule has 0 saturated heterocycles. The number of alkyl halides is 2. The van der Waals surface area contributed by atoms with E-state index in [1.54, 1.807) is 13.0 Å². The fraction of sp³-hybridized carbons (Fsp3) is 0.333. The molecule has 2 amide bonds. The standard InChI is InChI=1S/C18H19F2N3O2/c1-11(13-7-8-21-16(9-13)25-17(19)20)22-18(24)23-15-10-14(15)12-5-3-2-4-6-12/h2-9,11,14-15,17H,10H2,1H3,(H2,22,23,24)/t11-,14+,15-/m1/s1. The topological polar surface area (TPSA) is 63.2 Å². The van der Waals surface area contributed by atoms with Crippen LogP contribution in [0.25, 0.3) is 0 Å². The van der Waals surface area contributed by atoms with E-state index in [4.69, 9.17) is 0 Å². The number of hydrogen-bond acceptors (Lipinski definition) is 3. The van der Waals surface area contributed by atoms with E-state index in [2.05, 4.69) is 20.4 Å². The Morgan fingerprint density at radius 3 is 2.76 bits per heavy atom. The summed E-state index contributed by atoms with van der Waals surface area (Å²) in [6.45, 7) is -1.16. The summed E-state index contributed by atoms with van der Waals surface area (Å²) in [5, 5.41) is 5.73. The molecule has 1 aliphatic rings. The smallest absolute Gasteiger partial charge is 0.388 e. The van der Waals surface area contributed by atoms with E-state index in [1.165, 1.54) is 17.8 Å². The molecule has 2 aromatic rings. The fourth-order valence-corrected chi connectivity index (χ4v) is 2.76. The van der Waals surface area contributed by atoms with Crippen LogP contribution in [0.2, 0.25) is 0 Å². The van der Waals surface area contributed by atoms with Crippen LogP contribution in [0.1, 0.15) is 36.4 Å². The molecular formula is C18H19F2N3O2. The van der Waals surface area contributed by atoms with Gasteiger partial charge in [-0.05, 0) is 30.5 Å². The van der Waals surface area contributed by atoms with Gasteiger partial charge in [-0.3, -0.25) is 0 Å². The number of rotatable bonds is 6. The maximum Gasteiger partial charge on any atom is 0.388 e. The Balaban J connectivity index is 1.51. The highest BCUT2D eigenvalue weighted by atomic mass is 19.3. The van der Waals surface area contributed by atoms with Crippen LogP contribution in [0.3, 0.4) is 0 Å². The first kappa shape index (κ1) is 17.1. The van der Waals surface area contributed by atoms with Crippen LogP contribution >= 0.6 is 0 Å². The van der Waals surface area contributed by atoms with Crippen LogP contribution in [-0.2, 0) is 0 Å². The monoisotopic (exact) mass is 347 g/mol. The zero-order chi connectivity index (χ0) is 17.8. The van der Waals surface area contributed by atoms with Gasteiger partial charge in [-0.15, -0.1) is 0 Å². The maximum atomic E-state index is 12.2. The lowest BCUT2D eigenvalue weighted by molar-refractivity contribution is -0.0529. The number of carbonyl (C=O) groups is 1. The molecule has 2 N–H and O–H groups in total. The first-order valence-corrected chi connectivity index (χ1v) is 8.05. The normalized spacial score (nSPS) is 20.0. The van der Waals surface area contributed by atoms with E-state index in [1.807, 2.05) is 30.3 Å². The number of nitrogens with one attached hydrogen (secondary N) is 2. The summed E-state index contributed by atoms with van der Waals surface area (Å²) >= 11 is 0. The molecule has 1 saturated carbocycles. The molecule has 5 nitrogen and oxygen atoms in total. The zero-order valence-corrected chi connectivity index (χ0v) is 13.7. The SMILES string of the molecule is C[C@@H](NC(=O)N[C@@H]1C[C@H]1c1ccccc1)c1ccnc(OC(F)F)c1. The number of halogens is 2. The number of amides is 2. The first-order chi connectivity index (χ1) is 12.0. The first-order valence-electron chi connectivity index (χ1n) is 8.05. The Bertz CT molecular complexity index is 727. The number of benzene rings is 1. The van der Waals surface area contributed by atoms with Crippen molar-refractivity contribution in [3.05, 3.63) is 59.8 Å². The average Bonchev–Trinajstić information content (AvgIpc) is 3.34. The van der Waals surface area contributed by atoms with Gasteiger partial charge in [-0.25, -0.2) is 9.78 Å². The molecule has 1 aromatic heterocycles. The highest BCUT2D eigenvalue weighted by Gasteiger charge is 2.39. The number of carbonyl (C=O) groups excluding carboxylic acids is 1. The molecular weight excluding hydrogens is 328 g/mol. The molecule has 132 valence electrons. The van der Waals surface area contributed by atoms with E-state index in [-0.39, 0.29) is 24.0 Å². The van der Waals surface area contributed by atoms with Crippen molar-refractivity contribution in [2.24, 2.45) is 0 Å². The van der Waals surface area contributed by atoms with Crippen molar-refractivity contribution in [3.63, 3.8) is 0 Å². The Labute approximate surface area is 144 Å². The van der Waals surface area contributed by atoms with Crippen molar-refractivity contribution in [3.8, 4) is 5.88 Å². The number of ether oxygens (including phenoxy) is 1. The van der Waals surface area contributed by atoms with Gasteiger partial charge in [0.15, 0.2) is 0 Å². The van der Waals surface area contributed by atoms with Crippen molar-refractivity contribution in [1.29, 1.82) is 0 Å². The minimum atomic E-state index is -2.93. The number of urea groups is 1. The molecule has 25 heavy (non-hydrogen) atoms. The lowest BCUT2D eigenvalue weighted by atomic mass is 10.1. The number of nitrogens with zero attached hydrogens (tertiary/aromatic N) is 1. The van der Waals surface area contributed by atoms with Crippen LogP contribution < -0.4 is 15.4 Å². The largest absolute Gasteiger partial charge is 0.417 e. The molecule has 3 atom stereocenters. The van der Waals surface area contributed by atoms with Gasteiger partial charge in [-0.2, -0.15) is 8.78 Å². The number of aromatic nitrogens is 1. The molecule has 1 aliphatic carbocycles. The minimum absolute atomic E-state index is 0.116. The summed E-state index contributed by atoms with van der Waals surface area (Å²) < 4.78 is 28.8. The zero-order valence-electron chi connectivity index (χ0n) is 13.7. The van der Waals surface area contributed by atoms with Crippen LogP contribution in [0.4, 0.5) is 13.6 Å². The van der Waals surface area contributed by atoms with Gasteiger partial charge < -0.3 is 15.4 Å². The maximum absolute atomic E-state index is 12.2. The van der Waals surface area contributed by atoms with Crippen LogP contribution in [0.15, 0.2) is 48.7 Å². The van der Waals surface area contributed by atoms with Gasteiger partial charge in [-0.1, -0.05) is 30.3 Å². The molecule has 0 spiro atoms. The molecule has 0 unspecified atom stereocenters. The summed E-state index contributed by atoms with van der Waals surface area (Å²) in [5.74, 6) is 0.169. The Morgan fingerprint density at radius 1 is 1.28 bits per heavy atom. The second kappa shape index (κ2) is 7.46. The van der Waals surface area contributed by atoms with Gasteiger partial charge in [0, 0.05) is 24.2 Å². The second-order valence-corrected chi connectivity index (χ2v) is 6.00. The van der Waals surface area contributed by atoms with Gasteiger partial charge in [0.1, 0.15) is 0 Å². The van der Waals surface area contributed by atoms with E-state index >= 15 is 0 Å². The third-order valence-corrected chi connectivity index (χ3v) is 4.15. The quantitative estimate of drug-likeness (QED) is 0.839. The van der Waals surface area contributed by atoms with Gasteiger partial charge >= 0.3 is 12.6 Å². The summed E-state index contributed by atoms with van der Waals surface area (Å²) in [5.41, 5.74) is 1.85. The third kappa shape index (κ3) is 4.65. The molecule has 7 heteroatoms.